The van der Waals surface area contributed by atoms with Gasteiger partial charge in [-0.1, -0.05) is 19.6 Å². The molecule has 0 unspecified atom stereocenters. The van der Waals surface area contributed by atoms with E-state index >= 15 is 0 Å². The van der Waals surface area contributed by atoms with Crippen molar-refractivity contribution in [1.29, 1.82) is 0 Å². The van der Waals surface area contributed by atoms with Gasteiger partial charge in [-0.15, -0.1) is 0 Å². The van der Waals surface area contributed by atoms with E-state index in [1.807, 2.05) is 0 Å². The molecule has 2 aromatic carbocycles. The van der Waals surface area contributed by atoms with E-state index in [1.165, 1.54) is 6.07 Å². The molecular formula is C15H14F3NO4S. The molecule has 0 saturated carbocycles. The second kappa shape index (κ2) is 7.35. The monoisotopic (exact) mass is 361 g/mol. The Morgan fingerprint density at radius 1 is 1.04 bits per heavy atom. The van der Waals surface area contributed by atoms with Crippen molar-refractivity contribution in [3.63, 3.8) is 0 Å². The number of benzene rings is 2. The number of sulfonamides is 1. The van der Waals surface area contributed by atoms with Gasteiger partial charge in [0.25, 0.3) is 10.0 Å². The van der Waals surface area contributed by atoms with E-state index in [2.05, 4.69) is 4.74 Å². The maximum absolute atomic E-state index is 14.1. The number of rotatable bonds is 4. The van der Waals surface area contributed by atoms with Crippen LogP contribution in [0.25, 0.3) is 0 Å². The Bertz CT molecular complexity index is 849. The summed E-state index contributed by atoms with van der Waals surface area (Å²) in [6.45, 7) is 0. The standard InChI is InChI=1S/C14H10F3NO4S.CH4/c1-22-14(19)8-4-2-7-11(12(8)17)18-23(20,21)13-9(15)5-3-6-10(13)16;/h2-7,18H,1H3;1H4. The molecule has 0 bridgehead atoms. The number of hydrogen-bond acceptors (Lipinski definition) is 4. The average Bonchev–Trinajstić information content (AvgIpc) is 2.48. The van der Waals surface area contributed by atoms with Crippen molar-refractivity contribution in [3.8, 4) is 0 Å². The van der Waals surface area contributed by atoms with Crippen LogP contribution in [0.15, 0.2) is 41.3 Å². The van der Waals surface area contributed by atoms with Gasteiger partial charge in [-0.25, -0.2) is 26.4 Å². The quantitative estimate of drug-likeness (QED) is 0.848. The Hall–Kier alpha value is -2.55. The van der Waals surface area contributed by atoms with Crippen LogP contribution in [-0.4, -0.2) is 21.5 Å². The van der Waals surface area contributed by atoms with Crippen molar-refractivity contribution in [3.05, 3.63) is 59.4 Å². The molecule has 0 aliphatic carbocycles. The molecule has 0 fully saturated rings. The molecule has 2 aromatic rings. The summed E-state index contributed by atoms with van der Waals surface area (Å²) in [6.07, 6.45) is 0. The molecule has 0 aliphatic rings. The van der Waals surface area contributed by atoms with Crippen molar-refractivity contribution < 1.29 is 31.1 Å². The maximum atomic E-state index is 14.1. The maximum Gasteiger partial charge on any atom is 0.340 e. The van der Waals surface area contributed by atoms with E-state index in [4.69, 9.17) is 0 Å². The normalized spacial score (nSPS) is 10.7. The smallest absolute Gasteiger partial charge is 0.340 e. The Kier molecular flexibility index (Phi) is 5.97. The number of ether oxygens (including phenoxy) is 1. The van der Waals surface area contributed by atoms with Gasteiger partial charge in [0.05, 0.1) is 18.4 Å². The molecule has 9 heteroatoms. The number of hydrogen-bond donors (Lipinski definition) is 1. The number of carbonyl (C=O) groups excluding carboxylic acids is 1. The number of halogens is 3. The Labute approximate surface area is 137 Å². The number of esters is 1. The molecule has 0 saturated heterocycles. The molecular weight excluding hydrogens is 347 g/mol. The summed E-state index contributed by atoms with van der Waals surface area (Å²) in [5, 5.41) is 0. The van der Waals surface area contributed by atoms with Crippen LogP contribution in [0, 0.1) is 17.5 Å². The van der Waals surface area contributed by atoms with Crippen molar-refractivity contribution in [2.45, 2.75) is 12.3 Å². The number of anilines is 1. The predicted molar refractivity (Wildman–Crippen MR) is 81.6 cm³/mol. The molecule has 1 N–H and O–H groups in total. The van der Waals surface area contributed by atoms with Crippen LogP contribution in [-0.2, 0) is 14.8 Å². The van der Waals surface area contributed by atoms with Crippen LogP contribution in [0.2, 0.25) is 0 Å². The van der Waals surface area contributed by atoms with Crippen molar-refractivity contribution in [1.82, 2.24) is 0 Å². The SMILES string of the molecule is C.COC(=O)c1cccc(NS(=O)(=O)c2c(F)cccc2F)c1F. The van der Waals surface area contributed by atoms with Crippen LogP contribution in [0.4, 0.5) is 18.9 Å². The van der Waals surface area contributed by atoms with E-state index in [-0.39, 0.29) is 7.43 Å². The van der Waals surface area contributed by atoms with Gasteiger partial charge in [0.15, 0.2) is 10.7 Å². The minimum atomic E-state index is -4.74. The number of carbonyl (C=O) groups is 1. The Morgan fingerprint density at radius 3 is 2.12 bits per heavy atom. The Morgan fingerprint density at radius 2 is 1.58 bits per heavy atom. The average molecular weight is 361 g/mol. The minimum Gasteiger partial charge on any atom is -0.465 e. The summed E-state index contributed by atoms with van der Waals surface area (Å²) < 4.78 is 71.5. The molecule has 0 spiro atoms. The first-order valence-corrected chi connectivity index (χ1v) is 7.60. The fourth-order valence-corrected chi connectivity index (χ4v) is 3.01. The van der Waals surface area contributed by atoms with E-state index in [9.17, 15) is 26.4 Å². The second-order valence-electron chi connectivity index (χ2n) is 4.31. The highest BCUT2D eigenvalue weighted by Gasteiger charge is 2.26. The molecule has 130 valence electrons. The summed E-state index contributed by atoms with van der Waals surface area (Å²) in [5.74, 6) is -4.91. The van der Waals surface area contributed by atoms with E-state index in [1.54, 1.807) is 4.72 Å². The fraction of sp³-hybridized carbons (Fsp3) is 0.133. The second-order valence-corrected chi connectivity index (χ2v) is 5.93. The molecule has 0 aliphatic heterocycles. The summed E-state index contributed by atoms with van der Waals surface area (Å²) >= 11 is 0. The predicted octanol–water partition coefficient (Wildman–Crippen LogP) is 3.33. The third-order valence-electron chi connectivity index (χ3n) is 2.84. The summed E-state index contributed by atoms with van der Waals surface area (Å²) in [5.41, 5.74) is -1.17. The van der Waals surface area contributed by atoms with Crippen LogP contribution >= 0.6 is 0 Å². The third-order valence-corrected chi connectivity index (χ3v) is 4.25. The zero-order valence-electron chi connectivity index (χ0n) is 11.6. The third kappa shape index (κ3) is 3.67. The van der Waals surface area contributed by atoms with Gasteiger partial charge in [-0.05, 0) is 24.3 Å². The molecule has 24 heavy (non-hydrogen) atoms. The summed E-state index contributed by atoms with van der Waals surface area (Å²) in [4.78, 5) is 10.1. The van der Waals surface area contributed by atoms with Crippen LogP contribution < -0.4 is 4.72 Å². The first kappa shape index (κ1) is 19.5. The van der Waals surface area contributed by atoms with Crippen molar-refractivity contribution >= 4 is 21.7 Å². The van der Waals surface area contributed by atoms with Gasteiger partial charge in [0, 0.05) is 0 Å². The number of nitrogens with one attached hydrogen (secondary N) is 1. The number of methoxy groups -OCH3 is 1. The lowest BCUT2D eigenvalue weighted by molar-refractivity contribution is 0.0595. The molecule has 0 aromatic heterocycles. The van der Waals surface area contributed by atoms with Gasteiger partial charge >= 0.3 is 5.97 Å². The van der Waals surface area contributed by atoms with Crippen LogP contribution in [0.5, 0.6) is 0 Å². The van der Waals surface area contributed by atoms with Gasteiger partial charge < -0.3 is 4.74 Å². The van der Waals surface area contributed by atoms with Crippen molar-refractivity contribution in [2.24, 2.45) is 0 Å². The lowest BCUT2D eigenvalue weighted by atomic mass is 10.2. The first-order valence-electron chi connectivity index (χ1n) is 6.11. The first-order chi connectivity index (χ1) is 10.8. The summed E-state index contributed by atoms with van der Waals surface area (Å²) in [7, 11) is -3.72. The molecule has 0 amide bonds. The van der Waals surface area contributed by atoms with Gasteiger partial charge in [0.2, 0.25) is 0 Å². The van der Waals surface area contributed by atoms with Crippen molar-refractivity contribution in [2.75, 3.05) is 11.8 Å². The largest absolute Gasteiger partial charge is 0.465 e. The van der Waals surface area contributed by atoms with Crippen LogP contribution in [0.1, 0.15) is 17.8 Å². The van der Waals surface area contributed by atoms with Gasteiger partial charge in [0.1, 0.15) is 11.6 Å². The Balaban J connectivity index is 0.00000288. The van der Waals surface area contributed by atoms with Gasteiger partial charge in [-0.3, -0.25) is 4.72 Å². The molecule has 2 rings (SSSR count). The zero-order chi connectivity index (χ0) is 17.2. The fourth-order valence-electron chi connectivity index (χ4n) is 1.81. The van der Waals surface area contributed by atoms with E-state index < -0.39 is 49.6 Å². The highest BCUT2D eigenvalue weighted by molar-refractivity contribution is 7.92. The summed E-state index contributed by atoms with van der Waals surface area (Å²) in [6, 6.07) is 5.74. The van der Waals surface area contributed by atoms with Gasteiger partial charge in [-0.2, -0.15) is 0 Å². The highest BCUT2D eigenvalue weighted by atomic mass is 32.2. The molecule has 0 heterocycles. The van der Waals surface area contributed by atoms with E-state index in [0.29, 0.717) is 0 Å². The van der Waals surface area contributed by atoms with E-state index in [0.717, 1.165) is 37.4 Å². The minimum absolute atomic E-state index is 0. The topological polar surface area (TPSA) is 72.5 Å². The highest BCUT2D eigenvalue weighted by Crippen LogP contribution is 2.25. The molecule has 0 radical (unpaired) electrons. The molecule has 5 nitrogen and oxygen atoms in total. The lowest BCUT2D eigenvalue weighted by Crippen LogP contribution is -2.18. The molecule has 0 atom stereocenters. The lowest BCUT2D eigenvalue weighted by Gasteiger charge is -2.11. The zero-order valence-corrected chi connectivity index (χ0v) is 12.5. The van der Waals surface area contributed by atoms with Crippen LogP contribution in [0.3, 0.4) is 0 Å².